The lowest BCUT2D eigenvalue weighted by Gasteiger charge is -2.52. The lowest BCUT2D eigenvalue weighted by atomic mass is 9.63. The van der Waals surface area contributed by atoms with Crippen molar-refractivity contribution in [3.05, 3.63) is 35.9 Å². The van der Waals surface area contributed by atoms with Gasteiger partial charge < -0.3 is 5.11 Å². The minimum absolute atomic E-state index is 0.0314. The molecule has 6 fully saturated rings. The van der Waals surface area contributed by atoms with E-state index in [1.165, 1.54) is 57.2 Å². The molecule has 4 atom stereocenters. The number of hydrogen-bond acceptors (Lipinski definition) is 2. The van der Waals surface area contributed by atoms with Gasteiger partial charge in [-0.2, -0.15) is 0 Å². The normalized spacial score (nSPS) is 45.2. The Morgan fingerprint density at radius 1 is 1.00 bits per heavy atom. The van der Waals surface area contributed by atoms with Gasteiger partial charge in [-0.1, -0.05) is 30.3 Å². The van der Waals surface area contributed by atoms with Crippen LogP contribution in [-0.4, -0.2) is 28.6 Å². The number of aliphatic hydroxyl groups is 1. The van der Waals surface area contributed by atoms with Gasteiger partial charge in [0.2, 0.25) is 0 Å². The molecule has 23 heavy (non-hydrogen) atoms. The lowest BCUT2D eigenvalue weighted by Crippen LogP contribution is -2.60. The van der Waals surface area contributed by atoms with Crippen LogP contribution in [0.4, 0.5) is 0 Å². The molecule has 2 saturated heterocycles. The molecule has 1 N–H and O–H groups in total. The maximum Gasteiger partial charge on any atom is 0.111 e. The van der Waals surface area contributed by atoms with E-state index in [1.54, 1.807) is 0 Å². The molecule has 2 heterocycles. The Morgan fingerprint density at radius 2 is 1.65 bits per heavy atom. The highest BCUT2D eigenvalue weighted by Crippen LogP contribution is 2.78. The molecular formula is C21H27NO. The maximum absolute atomic E-state index is 12.5. The molecule has 2 heteroatoms. The van der Waals surface area contributed by atoms with Gasteiger partial charge in [0.1, 0.15) is 5.60 Å². The second-order valence-corrected chi connectivity index (χ2v) is 9.02. The van der Waals surface area contributed by atoms with Crippen molar-refractivity contribution in [1.82, 2.24) is 4.90 Å². The first kappa shape index (κ1) is 13.4. The molecule has 4 aliphatic carbocycles. The standard InChI is InChI=1S/C21H27NO/c23-21(15-6-2-1-3-7-15,19-14-12-16-17(13-14)18(16)19)20-8-4-10-22(20)11-5-9-20/h1-3,6-7,14,16-19,23H,4-5,8-13H2/t14?,16?,17?,18?,19-,21+/m0/s1. The second kappa shape index (κ2) is 4.21. The van der Waals surface area contributed by atoms with E-state index in [9.17, 15) is 5.11 Å². The van der Waals surface area contributed by atoms with Gasteiger partial charge in [0.15, 0.2) is 0 Å². The lowest BCUT2D eigenvalue weighted by molar-refractivity contribution is -0.141. The van der Waals surface area contributed by atoms with E-state index >= 15 is 0 Å². The molecule has 0 aromatic heterocycles. The van der Waals surface area contributed by atoms with Crippen LogP contribution in [0, 0.1) is 29.6 Å². The third-order valence-corrected chi connectivity index (χ3v) is 8.52. The summed E-state index contributed by atoms with van der Waals surface area (Å²) < 4.78 is 0. The zero-order chi connectivity index (χ0) is 15.2. The van der Waals surface area contributed by atoms with Gasteiger partial charge in [-0.25, -0.2) is 0 Å². The van der Waals surface area contributed by atoms with Gasteiger partial charge in [-0.05, 0) is 86.8 Å². The molecule has 6 aliphatic rings. The molecule has 7 rings (SSSR count). The van der Waals surface area contributed by atoms with Crippen LogP contribution in [-0.2, 0) is 5.60 Å². The van der Waals surface area contributed by atoms with E-state index in [2.05, 4.69) is 35.2 Å². The Hall–Kier alpha value is -0.860. The van der Waals surface area contributed by atoms with Crippen molar-refractivity contribution in [3.63, 3.8) is 0 Å². The van der Waals surface area contributed by atoms with Crippen molar-refractivity contribution in [2.45, 2.75) is 49.7 Å². The summed E-state index contributed by atoms with van der Waals surface area (Å²) >= 11 is 0. The van der Waals surface area contributed by atoms with Crippen LogP contribution in [0.5, 0.6) is 0 Å². The fraction of sp³-hybridized carbons (Fsp3) is 0.714. The summed E-state index contributed by atoms with van der Waals surface area (Å²) in [4.78, 5) is 2.67. The van der Waals surface area contributed by atoms with Crippen molar-refractivity contribution in [2.75, 3.05) is 13.1 Å². The van der Waals surface area contributed by atoms with Crippen LogP contribution in [0.25, 0.3) is 0 Å². The summed E-state index contributed by atoms with van der Waals surface area (Å²) in [5.74, 6) is 4.08. The van der Waals surface area contributed by atoms with Gasteiger partial charge in [0.05, 0.1) is 5.54 Å². The van der Waals surface area contributed by atoms with Gasteiger partial charge in [0, 0.05) is 0 Å². The minimum atomic E-state index is -0.614. The average molecular weight is 309 g/mol. The largest absolute Gasteiger partial charge is 0.383 e. The summed E-state index contributed by atoms with van der Waals surface area (Å²) in [5, 5.41) is 12.5. The molecule has 2 unspecified atom stereocenters. The summed E-state index contributed by atoms with van der Waals surface area (Å²) in [6.07, 6.45) is 7.75. The number of rotatable bonds is 3. The maximum atomic E-state index is 12.5. The molecular weight excluding hydrogens is 282 g/mol. The van der Waals surface area contributed by atoms with E-state index in [0.29, 0.717) is 5.92 Å². The summed E-state index contributed by atoms with van der Waals surface area (Å²) in [6, 6.07) is 10.8. The third kappa shape index (κ3) is 1.41. The topological polar surface area (TPSA) is 23.5 Å². The highest BCUT2D eigenvalue weighted by Gasteiger charge is 2.76. The van der Waals surface area contributed by atoms with E-state index < -0.39 is 5.60 Å². The molecule has 122 valence electrons. The first-order valence-corrected chi connectivity index (χ1v) is 9.79. The van der Waals surface area contributed by atoms with Gasteiger partial charge in [-0.3, -0.25) is 4.90 Å². The van der Waals surface area contributed by atoms with Crippen LogP contribution < -0.4 is 0 Å². The Labute approximate surface area is 138 Å². The Morgan fingerprint density at radius 3 is 2.22 bits per heavy atom. The molecule has 0 amide bonds. The number of fused-ring (bicyclic) bond motifs is 1. The average Bonchev–Trinajstić information content (AvgIpc) is 3.19. The Balaban J connectivity index is 1.54. The monoisotopic (exact) mass is 309 g/mol. The molecule has 0 radical (unpaired) electrons. The minimum Gasteiger partial charge on any atom is -0.383 e. The summed E-state index contributed by atoms with van der Waals surface area (Å²) in [7, 11) is 0. The molecule has 0 spiro atoms. The SMILES string of the molecule is O[C@](c1ccccc1)([C@H]1C2CC3C(C2)C31)C12CCCN1CCC2. The van der Waals surface area contributed by atoms with E-state index in [-0.39, 0.29) is 5.54 Å². The first-order valence-electron chi connectivity index (χ1n) is 9.79. The number of hydrogen-bond donors (Lipinski definition) is 1. The first-order chi connectivity index (χ1) is 11.3. The zero-order valence-electron chi connectivity index (χ0n) is 13.8. The quantitative estimate of drug-likeness (QED) is 0.925. The number of benzene rings is 1. The van der Waals surface area contributed by atoms with E-state index in [1.807, 2.05) is 0 Å². The van der Waals surface area contributed by atoms with Crippen LogP contribution >= 0.6 is 0 Å². The molecule has 2 aliphatic heterocycles. The van der Waals surface area contributed by atoms with Crippen molar-refractivity contribution < 1.29 is 5.11 Å². The zero-order valence-corrected chi connectivity index (χ0v) is 13.8. The predicted octanol–water partition coefficient (Wildman–Crippen LogP) is 3.40. The van der Waals surface area contributed by atoms with Gasteiger partial charge >= 0.3 is 0 Å². The summed E-state index contributed by atoms with van der Waals surface area (Å²) in [5.41, 5.74) is 0.636. The van der Waals surface area contributed by atoms with Crippen LogP contribution in [0.2, 0.25) is 0 Å². The molecule has 4 bridgehead atoms. The van der Waals surface area contributed by atoms with Gasteiger partial charge in [0.25, 0.3) is 0 Å². The predicted molar refractivity (Wildman–Crippen MR) is 89.8 cm³/mol. The second-order valence-electron chi connectivity index (χ2n) is 9.02. The van der Waals surface area contributed by atoms with Crippen molar-refractivity contribution >= 4 is 0 Å². The van der Waals surface area contributed by atoms with E-state index in [0.717, 1.165) is 23.7 Å². The van der Waals surface area contributed by atoms with Gasteiger partial charge in [-0.15, -0.1) is 0 Å². The Kier molecular flexibility index (Phi) is 2.46. The molecule has 1 aromatic rings. The fourth-order valence-electron chi connectivity index (χ4n) is 7.89. The highest BCUT2D eigenvalue weighted by molar-refractivity contribution is 5.35. The van der Waals surface area contributed by atoms with E-state index in [4.69, 9.17) is 0 Å². The van der Waals surface area contributed by atoms with Crippen LogP contribution in [0.15, 0.2) is 30.3 Å². The van der Waals surface area contributed by atoms with Crippen molar-refractivity contribution in [1.29, 1.82) is 0 Å². The smallest absolute Gasteiger partial charge is 0.111 e. The van der Waals surface area contributed by atoms with Crippen molar-refractivity contribution in [3.8, 4) is 0 Å². The van der Waals surface area contributed by atoms with Crippen molar-refractivity contribution in [2.24, 2.45) is 29.6 Å². The summed E-state index contributed by atoms with van der Waals surface area (Å²) in [6.45, 7) is 2.40. The van der Waals surface area contributed by atoms with Crippen LogP contribution in [0.1, 0.15) is 44.1 Å². The molecule has 2 nitrogen and oxygen atoms in total. The highest BCUT2D eigenvalue weighted by atomic mass is 16.3. The molecule has 1 aromatic carbocycles. The Bertz CT molecular complexity index is 619. The van der Waals surface area contributed by atoms with Crippen LogP contribution in [0.3, 0.4) is 0 Å². The third-order valence-electron chi connectivity index (χ3n) is 8.52. The number of nitrogens with zero attached hydrogens (tertiary/aromatic N) is 1. The fourth-order valence-corrected chi connectivity index (χ4v) is 7.89. The molecule has 4 saturated carbocycles.